The van der Waals surface area contributed by atoms with E-state index >= 15 is 0 Å². The smallest absolute Gasteiger partial charge is 0.278 e. The zero-order chi connectivity index (χ0) is 20.4. The fourth-order valence-corrected chi connectivity index (χ4v) is 3.88. The van der Waals surface area contributed by atoms with E-state index in [-0.39, 0.29) is 24.0 Å². The molecule has 0 atom stereocenters. The molecule has 1 aliphatic rings. The van der Waals surface area contributed by atoms with Crippen LogP contribution in [0.15, 0.2) is 71.7 Å². The molecule has 2 aromatic carbocycles. The summed E-state index contributed by atoms with van der Waals surface area (Å²) in [6.45, 7) is 0.173. The summed E-state index contributed by atoms with van der Waals surface area (Å²) >= 11 is 1.36. The fourth-order valence-electron chi connectivity index (χ4n) is 3.11. The predicted octanol–water partition coefficient (Wildman–Crippen LogP) is 4.46. The van der Waals surface area contributed by atoms with Crippen LogP contribution < -0.4 is 5.32 Å². The molecule has 0 bridgehead atoms. The molecule has 4 nitrogen and oxygen atoms in total. The number of carbonyl (C=O) groups is 2. The van der Waals surface area contributed by atoms with Crippen molar-refractivity contribution in [2.45, 2.75) is 6.42 Å². The number of hydrogen-bond acceptors (Lipinski definition) is 4. The van der Waals surface area contributed by atoms with E-state index in [0.717, 1.165) is 5.56 Å². The van der Waals surface area contributed by atoms with Gasteiger partial charge in [0.1, 0.15) is 17.3 Å². The van der Waals surface area contributed by atoms with Crippen LogP contribution in [-0.2, 0) is 16.0 Å². The third kappa shape index (κ3) is 3.95. The van der Waals surface area contributed by atoms with Crippen molar-refractivity contribution in [3.05, 3.63) is 93.8 Å². The third-order valence-corrected chi connectivity index (χ3v) is 5.47. The Kier molecular flexibility index (Phi) is 5.22. The zero-order valence-corrected chi connectivity index (χ0v) is 16.0. The second kappa shape index (κ2) is 7.97. The zero-order valence-electron chi connectivity index (χ0n) is 15.2. The number of rotatable bonds is 6. The van der Waals surface area contributed by atoms with Crippen LogP contribution in [0.2, 0.25) is 0 Å². The predicted molar refractivity (Wildman–Crippen MR) is 108 cm³/mol. The lowest BCUT2D eigenvalue weighted by atomic mass is 10.1. The van der Waals surface area contributed by atoms with Crippen LogP contribution in [0.5, 0.6) is 0 Å². The molecule has 0 saturated heterocycles. The molecule has 3 aromatic rings. The minimum Gasteiger partial charge on any atom is -0.350 e. The molecule has 0 fully saturated rings. The lowest BCUT2D eigenvalue weighted by Crippen LogP contribution is -2.34. The van der Waals surface area contributed by atoms with Gasteiger partial charge in [0.2, 0.25) is 0 Å². The van der Waals surface area contributed by atoms with E-state index in [2.05, 4.69) is 5.32 Å². The van der Waals surface area contributed by atoms with Gasteiger partial charge in [-0.15, -0.1) is 11.3 Å². The Morgan fingerprint density at radius 2 is 1.52 bits per heavy atom. The van der Waals surface area contributed by atoms with Crippen molar-refractivity contribution >= 4 is 34.4 Å². The molecule has 29 heavy (non-hydrogen) atoms. The van der Waals surface area contributed by atoms with Crippen LogP contribution >= 0.6 is 11.3 Å². The number of carbonyl (C=O) groups excluding carboxylic acids is 2. The maximum Gasteiger partial charge on any atom is 0.278 e. The van der Waals surface area contributed by atoms with Crippen LogP contribution in [-0.4, -0.2) is 23.3 Å². The maximum absolute atomic E-state index is 13.2. The van der Waals surface area contributed by atoms with Crippen LogP contribution in [0, 0.1) is 11.6 Å². The molecule has 146 valence electrons. The first-order valence-corrected chi connectivity index (χ1v) is 9.82. The summed E-state index contributed by atoms with van der Waals surface area (Å²) in [5.41, 5.74) is 1.80. The van der Waals surface area contributed by atoms with Crippen molar-refractivity contribution in [2.24, 2.45) is 0 Å². The Morgan fingerprint density at radius 1 is 0.862 bits per heavy atom. The van der Waals surface area contributed by atoms with E-state index in [0.29, 0.717) is 22.6 Å². The van der Waals surface area contributed by atoms with Gasteiger partial charge in [0, 0.05) is 17.1 Å². The number of hydrogen-bond donors (Lipinski definition) is 1. The van der Waals surface area contributed by atoms with E-state index in [4.69, 9.17) is 0 Å². The number of thiophene rings is 1. The topological polar surface area (TPSA) is 49.4 Å². The van der Waals surface area contributed by atoms with E-state index in [1.807, 2.05) is 5.38 Å². The highest BCUT2D eigenvalue weighted by Gasteiger charge is 2.39. The first-order chi connectivity index (χ1) is 14.0. The lowest BCUT2D eigenvalue weighted by Gasteiger charge is -2.15. The van der Waals surface area contributed by atoms with E-state index in [1.165, 1.54) is 52.6 Å². The molecule has 1 N–H and O–H groups in total. The van der Waals surface area contributed by atoms with Crippen molar-refractivity contribution < 1.29 is 18.4 Å². The SMILES string of the molecule is O=C1C(Nc2ccc(F)cc2)=C(c2cccs2)C(=O)N1CCc1ccc(F)cc1. The summed E-state index contributed by atoms with van der Waals surface area (Å²) in [5.74, 6) is -1.55. The molecule has 2 amide bonds. The summed E-state index contributed by atoms with van der Waals surface area (Å²) in [6, 6.07) is 15.1. The number of nitrogens with one attached hydrogen (secondary N) is 1. The number of anilines is 1. The molecular formula is C22H16F2N2O2S. The Morgan fingerprint density at radius 3 is 2.14 bits per heavy atom. The molecule has 2 heterocycles. The number of amides is 2. The second-order valence-electron chi connectivity index (χ2n) is 6.50. The number of nitrogens with zero attached hydrogens (tertiary/aromatic N) is 1. The second-order valence-corrected chi connectivity index (χ2v) is 7.45. The molecule has 1 aliphatic heterocycles. The van der Waals surface area contributed by atoms with Gasteiger partial charge in [-0.2, -0.15) is 0 Å². The largest absolute Gasteiger partial charge is 0.350 e. The highest BCUT2D eigenvalue weighted by Crippen LogP contribution is 2.33. The van der Waals surface area contributed by atoms with Gasteiger partial charge in [-0.3, -0.25) is 14.5 Å². The minimum absolute atomic E-state index is 0.170. The number of benzene rings is 2. The van der Waals surface area contributed by atoms with Gasteiger partial charge < -0.3 is 5.32 Å². The van der Waals surface area contributed by atoms with Crippen LogP contribution in [0.4, 0.5) is 14.5 Å². The summed E-state index contributed by atoms with van der Waals surface area (Å²) in [4.78, 5) is 27.9. The third-order valence-electron chi connectivity index (χ3n) is 4.59. The summed E-state index contributed by atoms with van der Waals surface area (Å²) < 4.78 is 26.3. The molecule has 0 aliphatic carbocycles. The molecule has 1 aromatic heterocycles. The van der Waals surface area contributed by atoms with E-state index in [9.17, 15) is 18.4 Å². The summed E-state index contributed by atoms with van der Waals surface area (Å²) in [5, 5.41) is 4.81. The van der Waals surface area contributed by atoms with Crippen LogP contribution in [0.3, 0.4) is 0 Å². The van der Waals surface area contributed by atoms with E-state index < -0.39 is 11.7 Å². The molecule has 0 radical (unpaired) electrons. The van der Waals surface area contributed by atoms with Crippen molar-refractivity contribution in [1.82, 2.24) is 4.90 Å². The average molecular weight is 410 g/mol. The quantitative estimate of drug-likeness (QED) is 0.611. The van der Waals surface area contributed by atoms with Gasteiger partial charge in [0.25, 0.3) is 11.8 Å². The molecule has 0 unspecified atom stereocenters. The molecular weight excluding hydrogens is 394 g/mol. The summed E-state index contributed by atoms with van der Waals surface area (Å²) in [7, 11) is 0. The Labute approximate surface area is 170 Å². The van der Waals surface area contributed by atoms with Gasteiger partial charge in [-0.05, 0) is 59.8 Å². The van der Waals surface area contributed by atoms with Crippen molar-refractivity contribution in [2.75, 3.05) is 11.9 Å². The Balaban J connectivity index is 1.60. The Bertz CT molecular complexity index is 1080. The Hall–Kier alpha value is -3.32. The highest BCUT2D eigenvalue weighted by molar-refractivity contribution is 7.11. The summed E-state index contributed by atoms with van der Waals surface area (Å²) in [6.07, 6.45) is 0.416. The molecule has 7 heteroatoms. The van der Waals surface area contributed by atoms with E-state index in [1.54, 1.807) is 24.3 Å². The lowest BCUT2D eigenvalue weighted by molar-refractivity contribution is -0.136. The first-order valence-electron chi connectivity index (χ1n) is 8.94. The average Bonchev–Trinajstić information content (AvgIpc) is 3.31. The van der Waals surface area contributed by atoms with Crippen LogP contribution in [0.25, 0.3) is 5.57 Å². The van der Waals surface area contributed by atoms with Crippen molar-refractivity contribution in [3.63, 3.8) is 0 Å². The van der Waals surface area contributed by atoms with Gasteiger partial charge in [0.15, 0.2) is 0 Å². The first kappa shape index (κ1) is 19.0. The molecule has 4 rings (SSSR count). The van der Waals surface area contributed by atoms with Gasteiger partial charge in [-0.25, -0.2) is 8.78 Å². The fraction of sp³-hybridized carbons (Fsp3) is 0.0909. The number of imide groups is 1. The molecule has 0 spiro atoms. The monoisotopic (exact) mass is 410 g/mol. The van der Waals surface area contributed by atoms with Gasteiger partial charge in [0.05, 0.1) is 5.57 Å². The van der Waals surface area contributed by atoms with Crippen molar-refractivity contribution in [1.29, 1.82) is 0 Å². The normalized spacial score (nSPS) is 14.1. The van der Waals surface area contributed by atoms with Crippen LogP contribution in [0.1, 0.15) is 10.4 Å². The molecule has 0 saturated carbocycles. The van der Waals surface area contributed by atoms with Gasteiger partial charge >= 0.3 is 0 Å². The highest BCUT2D eigenvalue weighted by atomic mass is 32.1. The maximum atomic E-state index is 13.2. The minimum atomic E-state index is -0.440. The van der Waals surface area contributed by atoms with Gasteiger partial charge in [-0.1, -0.05) is 18.2 Å². The standard InChI is InChI=1S/C22H16F2N2O2S/c23-15-5-3-14(4-6-15)11-12-26-21(27)19(18-2-1-13-29-18)20(22(26)28)25-17-9-7-16(24)8-10-17/h1-10,13,25H,11-12H2. The van der Waals surface area contributed by atoms with Crippen molar-refractivity contribution in [3.8, 4) is 0 Å². The number of halogens is 2.